The molecule has 10 heavy (non-hydrogen) atoms. The Hall–Kier alpha value is -1.05. The van der Waals surface area contributed by atoms with Crippen LogP contribution in [0.3, 0.4) is 0 Å². The fraction of sp³-hybridized carbons (Fsp3) is 0.375. The van der Waals surface area contributed by atoms with E-state index in [0.717, 1.165) is 0 Å². The number of allylic oxidation sites excluding steroid dienone is 2. The molecule has 0 bridgehead atoms. The first-order valence-corrected chi connectivity index (χ1v) is 3.18. The lowest BCUT2D eigenvalue weighted by atomic mass is 10.6. The maximum absolute atomic E-state index is 4.70. The number of hydrogen-bond donors (Lipinski definition) is 0. The summed E-state index contributed by atoms with van der Waals surface area (Å²) in [5.41, 5.74) is 0. The molecule has 2 heteroatoms. The fourth-order valence-corrected chi connectivity index (χ4v) is 0.286. The normalized spacial score (nSPS) is 8.90. The summed E-state index contributed by atoms with van der Waals surface area (Å²) < 4.78 is 4.70. The molecule has 0 aliphatic heterocycles. The maximum Gasteiger partial charge on any atom is 0.212 e. The highest BCUT2D eigenvalue weighted by atomic mass is 16.5. The van der Waals surface area contributed by atoms with Crippen LogP contribution in [0.2, 0.25) is 0 Å². The summed E-state index contributed by atoms with van der Waals surface area (Å²) in [4.78, 5) is 3.51. The molecule has 0 aliphatic carbocycles. The van der Waals surface area contributed by atoms with Crippen LogP contribution in [0.15, 0.2) is 29.6 Å². The van der Waals surface area contributed by atoms with E-state index >= 15 is 0 Å². The number of rotatable bonds is 3. The van der Waals surface area contributed by atoms with Crippen LogP contribution < -0.4 is 0 Å². The van der Waals surface area contributed by atoms with Gasteiger partial charge < -0.3 is 4.74 Å². The molecule has 0 fully saturated rings. The minimum Gasteiger partial charge on any atom is -0.481 e. The van der Waals surface area contributed by atoms with Crippen LogP contribution in [0.4, 0.5) is 0 Å². The van der Waals surface area contributed by atoms with Crippen molar-refractivity contribution in [3.8, 4) is 0 Å². The van der Waals surface area contributed by atoms with Crippen LogP contribution in [0.1, 0.15) is 13.8 Å². The highest BCUT2D eigenvalue weighted by molar-refractivity contribution is 5.28. The Labute approximate surface area is 62.9 Å². The van der Waals surface area contributed by atoms with Gasteiger partial charge in [-0.15, -0.1) is 0 Å². The van der Waals surface area contributed by atoms with Gasteiger partial charge in [-0.1, -0.05) is 26.5 Å². The third-order valence-electron chi connectivity index (χ3n) is 0.625. The molecule has 0 saturated carbocycles. The van der Waals surface area contributed by atoms with E-state index in [2.05, 4.69) is 18.3 Å². The zero-order chi connectivity index (χ0) is 8.41. The zero-order valence-corrected chi connectivity index (χ0v) is 6.92. The maximum atomic E-state index is 4.70. The van der Waals surface area contributed by atoms with Crippen molar-refractivity contribution >= 4 is 6.72 Å². The molecule has 0 spiro atoms. The average molecular weight is 141 g/mol. The Kier molecular flexibility index (Phi) is 12.7. The molecule has 2 nitrogen and oxygen atoms in total. The molecule has 0 aliphatic rings. The second-order valence-electron chi connectivity index (χ2n) is 1.10. The van der Waals surface area contributed by atoms with Gasteiger partial charge in [-0.3, -0.25) is 0 Å². The molecule has 0 aromatic carbocycles. The van der Waals surface area contributed by atoms with E-state index in [9.17, 15) is 0 Å². The molecule has 0 rings (SSSR count). The molecule has 0 radical (unpaired) electrons. The third kappa shape index (κ3) is 6.95. The standard InChI is InChI=1S/C6H9NO.C2H6/c1-4-5-6(7-2)8-3;1-2/h4-5H,1-2H2,3H3;1-2H3/b6-5+;. The molecule has 0 unspecified atom stereocenters. The van der Waals surface area contributed by atoms with Gasteiger partial charge in [0.1, 0.15) is 0 Å². The molecule has 0 aromatic heterocycles. The monoisotopic (exact) mass is 141 g/mol. The predicted octanol–water partition coefficient (Wildman–Crippen LogP) is 2.39. The Balaban J connectivity index is 0. The molecular weight excluding hydrogens is 126 g/mol. The van der Waals surface area contributed by atoms with E-state index in [0.29, 0.717) is 5.88 Å². The Morgan fingerprint density at radius 1 is 1.50 bits per heavy atom. The fourth-order valence-electron chi connectivity index (χ4n) is 0.286. The second kappa shape index (κ2) is 10.8. The minimum atomic E-state index is 0.486. The van der Waals surface area contributed by atoms with Crippen LogP contribution in [-0.4, -0.2) is 13.8 Å². The number of methoxy groups -OCH3 is 1. The average Bonchev–Trinajstić information content (AvgIpc) is 2.04. The topological polar surface area (TPSA) is 21.6 Å². The molecule has 0 N–H and O–H groups in total. The van der Waals surface area contributed by atoms with Crippen LogP contribution in [0.25, 0.3) is 0 Å². The Morgan fingerprint density at radius 2 is 2.00 bits per heavy atom. The number of aliphatic imine (C=N–C) groups is 1. The third-order valence-corrected chi connectivity index (χ3v) is 0.625. The molecule has 0 saturated heterocycles. The van der Waals surface area contributed by atoms with Gasteiger partial charge in [-0.05, 0) is 12.8 Å². The van der Waals surface area contributed by atoms with Gasteiger partial charge in [-0.25, -0.2) is 4.99 Å². The summed E-state index contributed by atoms with van der Waals surface area (Å²) in [7, 11) is 1.53. The summed E-state index contributed by atoms with van der Waals surface area (Å²) in [5.74, 6) is 0.486. The van der Waals surface area contributed by atoms with Gasteiger partial charge in [0.15, 0.2) is 0 Å². The lowest BCUT2D eigenvalue weighted by Crippen LogP contribution is -1.77. The van der Waals surface area contributed by atoms with Crippen molar-refractivity contribution in [3.05, 3.63) is 24.6 Å². The molecule has 0 amide bonds. The summed E-state index contributed by atoms with van der Waals surface area (Å²) in [6.45, 7) is 10.7. The van der Waals surface area contributed by atoms with E-state index in [1.807, 2.05) is 13.8 Å². The van der Waals surface area contributed by atoms with Crippen LogP contribution in [0.5, 0.6) is 0 Å². The lowest BCUT2D eigenvalue weighted by molar-refractivity contribution is 0.289. The van der Waals surface area contributed by atoms with Crippen molar-refractivity contribution in [2.75, 3.05) is 7.11 Å². The van der Waals surface area contributed by atoms with E-state index < -0.39 is 0 Å². The first-order valence-electron chi connectivity index (χ1n) is 3.18. The summed E-state index contributed by atoms with van der Waals surface area (Å²) in [6.07, 6.45) is 3.22. The van der Waals surface area contributed by atoms with E-state index in [4.69, 9.17) is 4.74 Å². The summed E-state index contributed by atoms with van der Waals surface area (Å²) >= 11 is 0. The van der Waals surface area contributed by atoms with Crippen LogP contribution in [0, 0.1) is 0 Å². The molecule has 0 heterocycles. The second-order valence-corrected chi connectivity index (χ2v) is 1.10. The van der Waals surface area contributed by atoms with Crippen LogP contribution in [-0.2, 0) is 4.74 Å². The highest BCUT2D eigenvalue weighted by Crippen LogP contribution is 1.93. The van der Waals surface area contributed by atoms with Crippen molar-refractivity contribution in [1.29, 1.82) is 0 Å². The van der Waals surface area contributed by atoms with Crippen molar-refractivity contribution in [1.82, 2.24) is 0 Å². The van der Waals surface area contributed by atoms with E-state index in [1.54, 1.807) is 12.2 Å². The summed E-state index contributed by atoms with van der Waals surface area (Å²) in [6, 6.07) is 0. The van der Waals surface area contributed by atoms with Gasteiger partial charge in [0.25, 0.3) is 0 Å². The SMILES string of the molecule is C=C/C=C(\N=C)OC.CC. The van der Waals surface area contributed by atoms with Gasteiger partial charge in [-0.2, -0.15) is 0 Å². The lowest BCUT2D eigenvalue weighted by Gasteiger charge is -1.93. The van der Waals surface area contributed by atoms with Crippen molar-refractivity contribution < 1.29 is 4.74 Å². The number of nitrogens with zero attached hydrogens (tertiary/aromatic N) is 1. The van der Waals surface area contributed by atoms with Gasteiger partial charge >= 0.3 is 0 Å². The van der Waals surface area contributed by atoms with Gasteiger partial charge in [0, 0.05) is 0 Å². The van der Waals surface area contributed by atoms with Gasteiger partial charge in [0.05, 0.1) is 7.11 Å². The highest BCUT2D eigenvalue weighted by Gasteiger charge is 1.80. The van der Waals surface area contributed by atoms with Gasteiger partial charge in [0.2, 0.25) is 5.88 Å². The Morgan fingerprint density at radius 3 is 2.10 bits per heavy atom. The molecule has 58 valence electrons. The minimum absolute atomic E-state index is 0.486. The molecule has 0 atom stereocenters. The molecular formula is C8H15NO. The van der Waals surface area contributed by atoms with Crippen molar-refractivity contribution in [3.63, 3.8) is 0 Å². The van der Waals surface area contributed by atoms with Crippen molar-refractivity contribution in [2.45, 2.75) is 13.8 Å². The smallest absolute Gasteiger partial charge is 0.212 e. The van der Waals surface area contributed by atoms with Crippen molar-refractivity contribution in [2.24, 2.45) is 4.99 Å². The van der Waals surface area contributed by atoms with Crippen LogP contribution >= 0.6 is 0 Å². The number of hydrogen-bond acceptors (Lipinski definition) is 2. The zero-order valence-electron chi connectivity index (χ0n) is 6.92. The largest absolute Gasteiger partial charge is 0.481 e. The summed E-state index contributed by atoms with van der Waals surface area (Å²) in [5, 5.41) is 0. The first-order chi connectivity index (χ1) is 4.85. The number of ether oxygens (including phenoxy) is 1. The predicted molar refractivity (Wildman–Crippen MR) is 46.2 cm³/mol. The Bertz CT molecular complexity index is 116. The first kappa shape index (κ1) is 11.7. The molecule has 0 aromatic rings. The van der Waals surface area contributed by atoms with E-state index in [-0.39, 0.29) is 0 Å². The van der Waals surface area contributed by atoms with E-state index in [1.165, 1.54) is 7.11 Å². The quantitative estimate of drug-likeness (QED) is 0.336.